The van der Waals surface area contributed by atoms with Crippen LogP contribution in [0.25, 0.3) is 0 Å². The summed E-state index contributed by atoms with van der Waals surface area (Å²) in [5.74, 6) is -0.184. The zero-order valence-electron chi connectivity index (χ0n) is 9.65. The largest absolute Gasteiger partial charge is 0.397 e. The van der Waals surface area contributed by atoms with Crippen molar-refractivity contribution in [3.05, 3.63) is 18.2 Å². The molecule has 0 aromatic heterocycles. The molecule has 0 radical (unpaired) electrons. The Kier molecular flexibility index (Phi) is 3.95. The molecule has 0 aliphatic carbocycles. The van der Waals surface area contributed by atoms with E-state index in [1.54, 1.807) is 0 Å². The molecule has 4 N–H and O–H groups in total. The number of benzene rings is 1. The predicted octanol–water partition coefficient (Wildman–Crippen LogP) is -0.170. The topological polar surface area (TPSA) is 101 Å². The Morgan fingerprint density at radius 2 is 2.06 bits per heavy atom. The van der Waals surface area contributed by atoms with Crippen LogP contribution in [0.3, 0.4) is 0 Å². The number of carbonyl (C=O) groups excluding carboxylic acids is 1. The van der Waals surface area contributed by atoms with Crippen LogP contribution in [-0.4, -0.2) is 34.2 Å². The van der Waals surface area contributed by atoms with E-state index < -0.39 is 9.84 Å². The third-order valence-corrected chi connectivity index (χ3v) is 3.28. The van der Waals surface area contributed by atoms with Gasteiger partial charge in [0.25, 0.3) is 0 Å². The van der Waals surface area contributed by atoms with Gasteiger partial charge in [0, 0.05) is 13.3 Å². The summed E-state index contributed by atoms with van der Waals surface area (Å²) in [6, 6.07) is 4.34. The van der Waals surface area contributed by atoms with Gasteiger partial charge >= 0.3 is 0 Å². The summed E-state index contributed by atoms with van der Waals surface area (Å²) < 4.78 is 22.5. The SMILES string of the molecule is CNC(=O)CNc1ccc(S(C)(=O)=O)cc1N. The minimum atomic E-state index is -3.27. The zero-order valence-corrected chi connectivity index (χ0v) is 10.5. The number of hydrogen-bond donors (Lipinski definition) is 3. The van der Waals surface area contributed by atoms with E-state index >= 15 is 0 Å². The lowest BCUT2D eigenvalue weighted by Gasteiger charge is -2.09. The first-order chi connectivity index (χ1) is 7.84. The van der Waals surface area contributed by atoms with Crippen LogP contribution in [-0.2, 0) is 14.6 Å². The molecular formula is C10H15N3O3S. The highest BCUT2D eigenvalue weighted by Crippen LogP contribution is 2.22. The van der Waals surface area contributed by atoms with Gasteiger partial charge in [0.05, 0.1) is 22.8 Å². The van der Waals surface area contributed by atoms with Crippen molar-refractivity contribution in [1.29, 1.82) is 0 Å². The highest BCUT2D eigenvalue weighted by atomic mass is 32.2. The summed E-state index contributed by atoms with van der Waals surface area (Å²) in [5, 5.41) is 5.26. The second-order valence-electron chi connectivity index (χ2n) is 3.55. The van der Waals surface area contributed by atoms with Crippen molar-refractivity contribution in [2.75, 3.05) is 30.9 Å². The van der Waals surface area contributed by atoms with Crippen molar-refractivity contribution in [3.8, 4) is 0 Å². The molecule has 0 bridgehead atoms. The van der Waals surface area contributed by atoms with Crippen molar-refractivity contribution in [3.63, 3.8) is 0 Å². The van der Waals surface area contributed by atoms with Gasteiger partial charge < -0.3 is 16.4 Å². The maximum Gasteiger partial charge on any atom is 0.239 e. The standard InChI is InChI=1S/C10H15N3O3S/c1-12-10(14)6-13-9-4-3-7(5-8(9)11)17(2,15)16/h3-5,13H,6,11H2,1-2H3,(H,12,14). The third kappa shape index (κ3) is 3.63. The van der Waals surface area contributed by atoms with E-state index in [1.807, 2.05) is 0 Å². The van der Waals surface area contributed by atoms with Crippen LogP contribution in [0.15, 0.2) is 23.1 Å². The minimum absolute atomic E-state index is 0.0823. The number of carbonyl (C=O) groups is 1. The van der Waals surface area contributed by atoms with Gasteiger partial charge in [0.15, 0.2) is 9.84 Å². The molecule has 0 spiro atoms. The average Bonchev–Trinajstić information content (AvgIpc) is 2.25. The van der Waals surface area contributed by atoms with Gasteiger partial charge in [-0.15, -0.1) is 0 Å². The lowest BCUT2D eigenvalue weighted by atomic mass is 10.2. The first kappa shape index (κ1) is 13.3. The van der Waals surface area contributed by atoms with E-state index in [9.17, 15) is 13.2 Å². The molecule has 1 amide bonds. The number of sulfone groups is 1. The molecule has 0 aliphatic rings. The van der Waals surface area contributed by atoms with E-state index in [0.29, 0.717) is 5.69 Å². The van der Waals surface area contributed by atoms with Gasteiger partial charge in [0.1, 0.15) is 0 Å². The van der Waals surface area contributed by atoms with E-state index in [0.717, 1.165) is 6.26 Å². The van der Waals surface area contributed by atoms with Crippen LogP contribution in [0, 0.1) is 0 Å². The molecular weight excluding hydrogens is 242 g/mol. The number of nitrogen functional groups attached to an aromatic ring is 1. The normalized spacial score (nSPS) is 10.9. The van der Waals surface area contributed by atoms with Gasteiger partial charge in [-0.05, 0) is 18.2 Å². The Morgan fingerprint density at radius 1 is 1.41 bits per heavy atom. The molecule has 1 aromatic rings. The molecule has 0 aliphatic heterocycles. The molecule has 0 saturated heterocycles. The molecule has 94 valence electrons. The molecule has 0 unspecified atom stereocenters. The zero-order chi connectivity index (χ0) is 13.1. The predicted molar refractivity (Wildman–Crippen MR) is 66.5 cm³/mol. The summed E-state index contributed by atoms with van der Waals surface area (Å²) >= 11 is 0. The van der Waals surface area contributed by atoms with Gasteiger partial charge in [-0.2, -0.15) is 0 Å². The lowest BCUT2D eigenvalue weighted by Crippen LogP contribution is -2.26. The second kappa shape index (κ2) is 5.05. The molecule has 17 heavy (non-hydrogen) atoms. The Hall–Kier alpha value is -1.76. The van der Waals surface area contributed by atoms with Crippen LogP contribution in [0.4, 0.5) is 11.4 Å². The Morgan fingerprint density at radius 3 is 2.53 bits per heavy atom. The molecule has 1 aromatic carbocycles. The number of nitrogens with one attached hydrogen (secondary N) is 2. The number of amides is 1. The van der Waals surface area contributed by atoms with Gasteiger partial charge in [-0.3, -0.25) is 4.79 Å². The first-order valence-electron chi connectivity index (χ1n) is 4.88. The second-order valence-corrected chi connectivity index (χ2v) is 5.56. The highest BCUT2D eigenvalue weighted by Gasteiger charge is 2.09. The monoisotopic (exact) mass is 257 g/mol. The summed E-state index contributed by atoms with van der Waals surface area (Å²) in [6.45, 7) is 0.0823. The summed E-state index contributed by atoms with van der Waals surface area (Å²) in [4.78, 5) is 11.2. The maximum absolute atomic E-state index is 11.3. The number of likely N-dealkylation sites (N-methyl/N-ethyl adjacent to an activating group) is 1. The van der Waals surface area contributed by atoms with E-state index in [-0.39, 0.29) is 23.0 Å². The van der Waals surface area contributed by atoms with Crippen molar-refractivity contribution in [1.82, 2.24) is 5.32 Å². The molecule has 0 fully saturated rings. The van der Waals surface area contributed by atoms with Gasteiger partial charge in [0.2, 0.25) is 5.91 Å². The Labute approximate surface area is 100 Å². The fourth-order valence-electron chi connectivity index (χ4n) is 1.20. The van der Waals surface area contributed by atoms with Crippen LogP contribution < -0.4 is 16.4 Å². The third-order valence-electron chi connectivity index (χ3n) is 2.17. The quantitative estimate of drug-likeness (QED) is 0.650. The Balaban J connectivity index is 2.88. The van der Waals surface area contributed by atoms with Crippen molar-refractivity contribution in [2.45, 2.75) is 4.90 Å². The fraction of sp³-hybridized carbons (Fsp3) is 0.300. The van der Waals surface area contributed by atoms with E-state index in [1.165, 1.54) is 25.2 Å². The maximum atomic E-state index is 11.3. The van der Waals surface area contributed by atoms with E-state index in [4.69, 9.17) is 5.73 Å². The average molecular weight is 257 g/mol. The number of rotatable bonds is 4. The van der Waals surface area contributed by atoms with Crippen molar-refractivity contribution >= 4 is 27.1 Å². The lowest BCUT2D eigenvalue weighted by molar-refractivity contribution is -0.118. The fourth-order valence-corrected chi connectivity index (χ4v) is 1.85. The first-order valence-corrected chi connectivity index (χ1v) is 6.78. The number of nitrogens with two attached hydrogens (primary N) is 1. The molecule has 7 heteroatoms. The molecule has 0 saturated carbocycles. The van der Waals surface area contributed by atoms with E-state index in [2.05, 4.69) is 10.6 Å². The minimum Gasteiger partial charge on any atom is -0.397 e. The molecule has 1 rings (SSSR count). The number of anilines is 2. The highest BCUT2D eigenvalue weighted by molar-refractivity contribution is 7.90. The van der Waals surface area contributed by atoms with Crippen molar-refractivity contribution < 1.29 is 13.2 Å². The van der Waals surface area contributed by atoms with Gasteiger partial charge in [-0.1, -0.05) is 0 Å². The van der Waals surface area contributed by atoms with Crippen LogP contribution >= 0.6 is 0 Å². The molecule has 0 heterocycles. The van der Waals surface area contributed by atoms with Gasteiger partial charge in [-0.25, -0.2) is 8.42 Å². The van der Waals surface area contributed by atoms with Crippen molar-refractivity contribution in [2.24, 2.45) is 0 Å². The Bertz CT molecular complexity index is 526. The smallest absolute Gasteiger partial charge is 0.239 e. The van der Waals surface area contributed by atoms with Crippen LogP contribution in [0.5, 0.6) is 0 Å². The van der Waals surface area contributed by atoms with Crippen LogP contribution in [0.1, 0.15) is 0 Å². The summed E-state index contributed by atoms with van der Waals surface area (Å²) in [5.41, 5.74) is 6.50. The summed E-state index contributed by atoms with van der Waals surface area (Å²) in [6.07, 6.45) is 1.11. The molecule has 0 atom stereocenters. The summed E-state index contributed by atoms with van der Waals surface area (Å²) in [7, 11) is -1.74. The molecule has 6 nitrogen and oxygen atoms in total. The van der Waals surface area contributed by atoms with Crippen LogP contribution in [0.2, 0.25) is 0 Å². The number of hydrogen-bond acceptors (Lipinski definition) is 5.